The van der Waals surface area contributed by atoms with Gasteiger partial charge in [0.05, 0.1) is 0 Å². The fourth-order valence-electron chi connectivity index (χ4n) is 4.39. The number of fused-ring (bicyclic) bond motifs is 6. The Hall–Kier alpha value is -3.53. The fraction of sp³-hybridized carbons (Fsp3) is 0.147. The summed E-state index contributed by atoms with van der Waals surface area (Å²) in [6, 6.07) is 38.4. The molecule has 3 heteroatoms. The summed E-state index contributed by atoms with van der Waals surface area (Å²) in [6.45, 7) is 10.1. The second-order valence-corrected chi connectivity index (χ2v) is 10.8. The molecule has 0 saturated heterocycles. The Morgan fingerprint density at radius 1 is 0.432 bits per heavy atom. The molecule has 0 bridgehead atoms. The summed E-state index contributed by atoms with van der Waals surface area (Å²) in [5.74, 6) is 0. The van der Waals surface area contributed by atoms with Crippen molar-refractivity contribution in [3.05, 3.63) is 126 Å². The second-order valence-electron chi connectivity index (χ2n) is 8.62. The van der Waals surface area contributed by atoms with Gasteiger partial charge in [-0.15, -0.1) is 22.7 Å². The first-order valence-corrected chi connectivity index (χ1v) is 14.4. The lowest BCUT2D eigenvalue weighted by molar-refractivity contribution is 1.10. The van der Waals surface area contributed by atoms with Crippen molar-refractivity contribution in [3.63, 3.8) is 0 Å². The standard InChI is InChI=1S/2C12H8S.C8H11N.C2H6/c2*1-3-7-11-9(5-1)10-6-2-4-8-12(10)13-11;1-6-4-7(2)9-8(3)5-6;1-2/h2*1-8H;4-5H,1-3H3;1-2H3. The Bertz CT molecular complexity index is 1480. The Morgan fingerprint density at radius 3 is 0.973 bits per heavy atom. The van der Waals surface area contributed by atoms with Crippen LogP contribution in [0, 0.1) is 20.8 Å². The van der Waals surface area contributed by atoms with E-state index < -0.39 is 0 Å². The molecule has 186 valence electrons. The zero-order chi connectivity index (χ0) is 26.2. The highest BCUT2D eigenvalue weighted by molar-refractivity contribution is 7.26. The van der Waals surface area contributed by atoms with Crippen LogP contribution >= 0.6 is 22.7 Å². The van der Waals surface area contributed by atoms with Crippen molar-refractivity contribution < 1.29 is 0 Å². The molecule has 0 aliphatic heterocycles. The lowest BCUT2D eigenvalue weighted by atomic mass is 10.2. The molecular weight excluding hydrogens is 487 g/mol. The smallest absolute Gasteiger partial charge is 0.0378 e. The summed E-state index contributed by atoms with van der Waals surface area (Å²) in [7, 11) is 0. The van der Waals surface area contributed by atoms with Gasteiger partial charge in [-0.05, 0) is 62.7 Å². The minimum atomic E-state index is 1.10. The Morgan fingerprint density at radius 2 is 0.703 bits per heavy atom. The molecule has 0 radical (unpaired) electrons. The summed E-state index contributed by atoms with van der Waals surface area (Å²) in [5.41, 5.74) is 3.50. The van der Waals surface area contributed by atoms with Crippen LogP contribution in [0.25, 0.3) is 40.3 Å². The largest absolute Gasteiger partial charge is 0.258 e. The molecular formula is C34H33NS2. The molecule has 4 aromatic carbocycles. The fourth-order valence-corrected chi connectivity index (χ4v) is 6.60. The molecule has 37 heavy (non-hydrogen) atoms. The number of hydrogen-bond acceptors (Lipinski definition) is 3. The number of benzene rings is 4. The Kier molecular flexibility index (Phi) is 9.05. The van der Waals surface area contributed by atoms with Crippen LogP contribution in [0.3, 0.4) is 0 Å². The quantitative estimate of drug-likeness (QED) is 0.194. The molecule has 3 heterocycles. The van der Waals surface area contributed by atoms with Crippen LogP contribution in [0.1, 0.15) is 30.8 Å². The highest BCUT2D eigenvalue weighted by Crippen LogP contribution is 2.33. The van der Waals surface area contributed by atoms with Gasteiger partial charge in [-0.2, -0.15) is 0 Å². The van der Waals surface area contributed by atoms with Crippen molar-refractivity contribution in [2.24, 2.45) is 0 Å². The molecule has 0 unspecified atom stereocenters. The minimum absolute atomic E-state index is 1.10. The molecule has 7 aromatic rings. The molecule has 0 spiro atoms. The Labute approximate surface area is 228 Å². The summed E-state index contributed by atoms with van der Waals surface area (Å²) < 4.78 is 5.51. The third-order valence-electron chi connectivity index (χ3n) is 5.79. The number of pyridine rings is 1. The molecule has 0 N–H and O–H groups in total. The van der Waals surface area contributed by atoms with Crippen LogP contribution in [0.2, 0.25) is 0 Å². The van der Waals surface area contributed by atoms with Crippen molar-refractivity contribution in [1.29, 1.82) is 0 Å². The number of hydrogen-bond donors (Lipinski definition) is 0. The first-order chi connectivity index (χ1) is 18.1. The third-order valence-corrected chi connectivity index (χ3v) is 8.10. The van der Waals surface area contributed by atoms with E-state index in [0.717, 1.165) is 11.4 Å². The third kappa shape index (κ3) is 6.43. The lowest BCUT2D eigenvalue weighted by Crippen LogP contribution is -1.85. The van der Waals surface area contributed by atoms with Crippen molar-refractivity contribution in [2.75, 3.05) is 0 Å². The molecule has 1 nitrogen and oxygen atoms in total. The van der Waals surface area contributed by atoms with Crippen LogP contribution in [0.5, 0.6) is 0 Å². The van der Waals surface area contributed by atoms with Gasteiger partial charge < -0.3 is 0 Å². The average molecular weight is 520 g/mol. The van der Waals surface area contributed by atoms with Crippen LogP contribution in [-0.2, 0) is 0 Å². The first-order valence-electron chi connectivity index (χ1n) is 12.7. The first kappa shape index (κ1) is 26.5. The topological polar surface area (TPSA) is 12.9 Å². The number of nitrogens with zero attached hydrogens (tertiary/aromatic N) is 1. The molecule has 0 atom stereocenters. The highest BCUT2D eigenvalue weighted by Gasteiger charge is 2.02. The molecule has 0 amide bonds. The van der Waals surface area contributed by atoms with Crippen LogP contribution in [0.15, 0.2) is 109 Å². The number of thiophene rings is 2. The normalized spacial score (nSPS) is 10.3. The lowest BCUT2D eigenvalue weighted by Gasteiger charge is -1.96. The van der Waals surface area contributed by atoms with E-state index in [1.165, 1.54) is 45.9 Å². The van der Waals surface area contributed by atoms with Crippen LogP contribution in [-0.4, -0.2) is 4.98 Å². The van der Waals surface area contributed by atoms with Gasteiger partial charge in [-0.3, -0.25) is 4.98 Å². The van der Waals surface area contributed by atoms with E-state index in [2.05, 4.69) is 121 Å². The van der Waals surface area contributed by atoms with Gasteiger partial charge in [0, 0.05) is 51.7 Å². The van der Waals surface area contributed by atoms with Crippen molar-refractivity contribution >= 4 is 63.0 Å². The van der Waals surface area contributed by atoms with E-state index in [0.29, 0.717) is 0 Å². The Balaban J connectivity index is 0.000000128. The predicted molar refractivity (Wildman–Crippen MR) is 168 cm³/mol. The van der Waals surface area contributed by atoms with Crippen molar-refractivity contribution in [1.82, 2.24) is 4.98 Å². The maximum atomic E-state index is 4.23. The summed E-state index contributed by atoms with van der Waals surface area (Å²) in [4.78, 5) is 4.23. The van der Waals surface area contributed by atoms with E-state index in [1.54, 1.807) is 0 Å². The van der Waals surface area contributed by atoms with Gasteiger partial charge in [0.25, 0.3) is 0 Å². The molecule has 0 aliphatic carbocycles. The van der Waals surface area contributed by atoms with E-state index >= 15 is 0 Å². The van der Waals surface area contributed by atoms with E-state index in [9.17, 15) is 0 Å². The predicted octanol–water partition coefficient (Wildman–Crippen LogP) is 11.1. The van der Waals surface area contributed by atoms with Gasteiger partial charge in [0.1, 0.15) is 0 Å². The monoisotopic (exact) mass is 519 g/mol. The second kappa shape index (κ2) is 12.6. The molecule has 0 fully saturated rings. The molecule has 3 aromatic heterocycles. The number of rotatable bonds is 0. The number of aryl methyl sites for hydroxylation is 3. The SMILES string of the molecule is CC.Cc1cc(C)nc(C)c1.c1ccc2c(c1)sc1ccccc12.c1ccc2c(c1)sc1ccccc12. The maximum absolute atomic E-state index is 4.23. The van der Waals surface area contributed by atoms with Crippen LogP contribution < -0.4 is 0 Å². The van der Waals surface area contributed by atoms with Crippen molar-refractivity contribution in [2.45, 2.75) is 34.6 Å². The maximum Gasteiger partial charge on any atom is 0.0378 e. The van der Waals surface area contributed by atoms with E-state index in [-0.39, 0.29) is 0 Å². The zero-order valence-corrected chi connectivity index (χ0v) is 23.8. The van der Waals surface area contributed by atoms with E-state index in [1.807, 2.05) is 50.4 Å². The van der Waals surface area contributed by atoms with E-state index in [4.69, 9.17) is 0 Å². The molecule has 0 aliphatic rings. The molecule has 0 saturated carbocycles. The summed E-state index contributed by atoms with van der Waals surface area (Å²) in [5, 5.41) is 5.51. The van der Waals surface area contributed by atoms with Gasteiger partial charge in [-0.25, -0.2) is 0 Å². The van der Waals surface area contributed by atoms with Crippen LogP contribution in [0.4, 0.5) is 0 Å². The molecule has 7 rings (SSSR count). The summed E-state index contributed by atoms with van der Waals surface area (Å²) >= 11 is 3.72. The van der Waals surface area contributed by atoms with Gasteiger partial charge >= 0.3 is 0 Å². The summed E-state index contributed by atoms with van der Waals surface area (Å²) in [6.07, 6.45) is 0. The van der Waals surface area contributed by atoms with Gasteiger partial charge in [0.15, 0.2) is 0 Å². The van der Waals surface area contributed by atoms with Gasteiger partial charge in [-0.1, -0.05) is 86.6 Å². The zero-order valence-electron chi connectivity index (χ0n) is 22.2. The highest BCUT2D eigenvalue weighted by atomic mass is 32.1. The average Bonchev–Trinajstić information content (AvgIpc) is 3.48. The number of aromatic nitrogens is 1. The van der Waals surface area contributed by atoms with Gasteiger partial charge in [0.2, 0.25) is 0 Å². The minimum Gasteiger partial charge on any atom is -0.258 e. The van der Waals surface area contributed by atoms with Crippen molar-refractivity contribution in [3.8, 4) is 0 Å².